The third-order valence-electron chi connectivity index (χ3n) is 4.47. The van der Waals surface area contributed by atoms with Gasteiger partial charge in [-0.25, -0.2) is 13.1 Å². The molecule has 7 nitrogen and oxygen atoms in total. The zero-order valence-electron chi connectivity index (χ0n) is 16.7. The lowest BCUT2D eigenvalue weighted by molar-refractivity contribution is -0.121. The van der Waals surface area contributed by atoms with Crippen molar-refractivity contribution in [2.75, 3.05) is 6.54 Å². The minimum absolute atomic E-state index is 0.0308. The number of hydrogen-bond acceptors (Lipinski definition) is 5. The molecule has 0 aliphatic rings. The van der Waals surface area contributed by atoms with Crippen molar-refractivity contribution in [3.63, 3.8) is 0 Å². The van der Waals surface area contributed by atoms with Crippen LogP contribution in [0.5, 0.6) is 0 Å². The highest BCUT2D eigenvalue weighted by molar-refractivity contribution is 7.89. The third-order valence-corrected chi connectivity index (χ3v) is 6.19. The van der Waals surface area contributed by atoms with Crippen molar-refractivity contribution in [1.29, 1.82) is 0 Å². The van der Waals surface area contributed by atoms with Crippen LogP contribution in [0.15, 0.2) is 70.0 Å². The molecule has 2 aromatic carbocycles. The second-order valence-corrected chi connectivity index (χ2v) is 8.98. The Labute approximate surface area is 185 Å². The fourth-order valence-corrected chi connectivity index (χ4v) is 3.93. The summed E-state index contributed by atoms with van der Waals surface area (Å²) >= 11 is 5.88. The molecule has 0 aliphatic carbocycles. The number of ketones is 1. The lowest BCUT2D eigenvalue weighted by atomic mass is 10.2. The van der Waals surface area contributed by atoms with Crippen LogP contribution in [0.3, 0.4) is 0 Å². The molecule has 3 rings (SSSR count). The van der Waals surface area contributed by atoms with Gasteiger partial charge in [0, 0.05) is 29.1 Å². The van der Waals surface area contributed by atoms with E-state index >= 15 is 0 Å². The number of carbonyl (C=O) groups is 2. The molecule has 0 spiro atoms. The number of halogens is 1. The van der Waals surface area contributed by atoms with Crippen LogP contribution in [0.4, 0.5) is 0 Å². The van der Waals surface area contributed by atoms with E-state index in [1.165, 1.54) is 31.2 Å². The molecule has 0 saturated carbocycles. The molecule has 0 atom stereocenters. The number of Topliss-reactive ketones (excluding diaryl/α,β-unsaturated/α-hetero) is 1. The quantitative estimate of drug-likeness (QED) is 0.472. The zero-order valence-corrected chi connectivity index (χ0v) is 18.3. The molecule has 3 aromatic rings. The Hall–Kier alpha value is -2.94. The van der Waals surface area contributed by atoms with E-state index in [0.717, 1.165) is 5.56 Å². The number of amides is 1. The Morgan fingerprint density at radius 1 is 0.968 bits per heavy atom. The van der Waals surface area contributed by atoms with Crippen LogP contribution in [0, 0.1) is 0 Å². The van der Waals surface area contributed by atoms with Gasteiger partial charge in [0.25, 0.3) is 0 Å². The van der Waals surface area contributed by atoms with Gasteiger partial charge in [-0.05, 0) is 55.5 Å². The van der Waals surface area contributed by atoms with E-state index in [2.05, 4.69) is 10.0 Å². The van der Waals surface area contributed by atoms with Crippen molar-refractivity contribution in [1.82, 2.24) is 10.0 Å². The molecule has 9 heteroatoms. The van der Waals surface area contributed by atoms with Crippen LogP contribution < -0.4 is 10.0 Å². The Balaban J connectivity index is 1.46. The predicted molar refractivity (Wildman–Crippen MR) is 117 cm³/mol. The minimum atomic E-state index is -3.77. The standard InChI is InChI=1S/C22H21ClN2O5S/c1-15(26)16-4-9-20(10-5-16)31(28,29)25-13-12-22(27)24-14-19-8-11-21(30-19)17-2-6-18(23)7-3-17/h2-11,25H,12-14H2,1H3,(H,24,27). The first-order valence-corrected chi connectivity index (χ1v) is 11.3. The van der Waals surface area contributed by atoms with Gasteiger partial charge in [0.2, 0.25) is 15.9 Å². The topological polar surface area (TPSA) is 105 Å². The zero-order chi connectivity index (χ0) is 22.4. The molecule has 0 unspecified atom stereocenters. The summed E-state index contributed by atoms with van der Waals surface area (Å²) in [5.41, 5.74) is 1.29. The SMILES string of the molecule is CC(=O)c1ccc(S(=O)(=O)NCCC(=O)NCc2ccc(-c3ccc(Cl)cc3)o2)cc1. The first kappa shape index (κ1) is 22.7. The average Bonchev–Trinajstić information content (AvgIpc) is 3.22. The van der Waals surface area contributed by atoms with Gasteiger partial charge in [0.1, 0.15) is 11.5 Å². The summed E-state index contributed by atoms with van der Waals surface area (Å²) in [5, 5.41) is 3.32. The van der Waals surface area contributed by atoms with Crippen LogP contribution in [-0.2, 0) is 21.4 Å². The van der Waals surface area contributed by atoms with Crippen LogP contribution in [0.1, 0.15) is 29.5 Å². The fourth-order valence-electron chi connectivity index (χ4n) is 2.77. The van der Waals surface area contributed by atoms with Crippen LogP contribution in [-0.4, -0.2) is 26.7 Å². The van der Waals surface area contributed by atoms with Gasteiger partial charge in [-0.1, -0.05) is 23.7 Å². The smallest absolute Gasteiger partial charge is 0.240 e. The Kier molecular flexibility index (Phi) is 7.27. The average molecular weight is 461 g/mol. The van der Waals surface area contributed by atoms with E-state index < -0.39 is 10.0 Å². The second kappa shape index (κ2) is 9.91. The number of nitrogens with one attached hydrogen (secondary N) is 2. The van der Waals surface area contributed by atoms with E-state index in [1.807, 2.05) is 12.1 Å². The number of benzene rings is 2. The summed E-state index contributed by atoms with van der Waals surface area (Å²) in [6, 6.07) is 16.4. The van der Waals surface area contributed by atoms with E-state index in [9.17, 15) is 18.0 Å². The van der Waals surface area contributed by atoms with Crippen molar-refractivity contribution in [2.45, 2.75) is 24.8 Å². The van der Waals surface area contributed by atoms with Gasteiger partial charge in [-0.15, -0.1) is 0 Å². The molecule has 2 N–H and O–H groups in total. The predicted octanol–water partition coefficient (Wildman–Crippen LogP) is 3.79. The summed E-state index contributed by atoms with van der Waals surface area (Å²) in [6.07, 6.45) is -0.0322. The highest BCUT2D eigenvalue weighted by Gasteiger charge is 2.15. The number of sulfonamides is 1. The van der Waals surface area contributed by atoms with Gasteiger partial charge in [-0.3, -0.25) is 9.59 Å². The Bertz CT molecular complexity index is 1170. The Morgan fingerprint density at radius 2 is 1.65 bits per heavy atom. The molecular formula is C22H21ClN2O5S. The van der Waals surface area contributed by atoms with E-state index in [1.54, 1.807) is 24.3 Å². The van der Waals surface area contributed by atoms with Crippen molar-refractivity contribution >= 4 is 33.3 Å². The normalized spacial score (nSPS) is 11.3. The van der Waals surface area contributed by atoms with Crippen molar-refractivity contribution in [2.24, 2.45) is 0 Å². The van der Waals surface area contributed by atoms with Gasteiger partial charge < -0.3 is 9.73 Å². The molecule has 1 aromatic heterocycles. The third kappa shape index (κ3) is 6.27. The molecule has 0 aliphatic heterocycles. The van der Waals surface area contributed by atoms with E-state index in [4.69, 9.17) is 16.0 Å². The van der Waals surface area contributed by atoms with E-state index in [0.29, 0.717) is 22.1 Å². The maximum absolute atomic E-state index is 12.3. The van der Waals surface area contributed by atoms with Crippen molar-refractivity contribution in [3.8, 4) is 11.3 Å². The van der Waals surface area contributed by atoms with E-state index in [-0.39, 0.29) is 36.1 Å². The van der Waals surface area contributed by atoms with Gasteiger partial charge in [0.05, 0.1) is 11.4 Å². The number of carbonyl (C=O) groups excluding carboxylic acids is 2. The lowest BCUT2D eigenvalue weighted by Gasteiger charge is -2.07. The van der Waals surface area contributed by atoms with Crippen LogP contribution >= 0.6 is 11.6 Å². The number of furan rings is 1. The van der Waals surface area contributed by atoms with Crippen molar-refractivity contribution < 1.29 is 22.4 Å². The molecule has 162 valence electrons. The first-order valence-electron chi connectivity index (χ1n) is 9.46. The summed E-state index contributed by atoms with van der Waals surface area (Å²) in [6.45, 7) is 1.53. The molecule has 31 heavy (non-hydrogen) atoms. The Morgan fingerprint density at radius 3 is 2.29 bits per heavy atom. The molecule has 1 heterocycles. The summed E-state index contributed by atoms with van der Waals surface area (Å²) in [5.74, 6) is 0.762. The maximum Gasteiger partial charge on any atom is 0.240 e. The van der Waals surface area contributed by atoms with Gasteiger partial charge >= 0.3 is 0 Å². The molecule has 0 saturated heterocycles. The monoisotopic (exact) mass is 460 g/mol. The van der Waals surface area contributed by atoms with Crippen LogP contribution in [0.25, 0.3) is 11.3 Å². The number of hydrogen-bond donors (Lipinski definition) is 2. The second-order valence-electron chi connectivity index (χ2n) is 6.78. The molecule has 0 bridgehead atoms. The molecular weight excluding hydrogens is 440 g/mol. The minimum Gasteiger partial charge on any atom is -0.459 e. The summed E-state index contributed by atoms with van der Waals surface area (Å²) < 4.78 is 32.6. The largest absolute Gasteiger partial charge is 0.459 e. The summed E-state index contributed by atoms with van der Waals surface area (Å²) in [4.78, 5) is 23.3. The van der Waals surface area contributed by atoms with Gasteiger partial charge in [-0.2, -0.15) is 0 Å². The van der Waals surface area contributed by atoms with Crippen LogP contribution in [0.2, 0.25) is 5.02 Å². The highest BCUT2D eigenvalue weighted by atomic mass is 35.5. The number of rotatable bonds is 9. The first-order chi connectivity index (χ1) is 14.7. The summed E-state index contributed by atoms with van der Waals surface area (Å²) in [7, 11) is -3.77. The molecule has 0 radical (unpaired) electrons. The molecule has 1 amide bonds. The highest BCUT2D eigenvalue weighted by Crippen LogP contribution is 2.23. The maximum atomic E-state index is 12.3. The van der Waals surface area contributed by atoms with Crippen molar-refractivity contribution in [3.05, 3.63) is 77.0 Å². The molecule has 0 fully saturated rings. The fraction of sp³-hybridized carbons (Fsp3) is 0.182. The van der Waals surface area contributed by atoms with Gasteiger partial charge in [0.15, 0.2) is 5.78 Å². The lowest BCUT2D eigenvalue weighted by Crippen LogP contribution is -2.30.